The van der Waals surface area contributed by atoms with E-state index >= 15 is 0 Å². The third-order valence-electron chi connectivity index (χ3n) is 3.90. The quantitative estimate of drug-likeness (QED) is 0.832. The Balaban J connectivity index is 1.72. The lowest BCUT2D eigenvalue weighted by molar-refractivity contribution is 0.0398. The Hall–Kier alpha value is -1.31. The summed E-state index contributed by atoms with van der Waals surface area (Å²) in [5.74, 6) is 0. The molecule has 9 heteroatoms. The smallest absolute Gasteiger partial charge is 0.292 e. The van der Waals surface area contributed by atoms with Crippen LogP contribution in [0, 0.1) is 0 Å². The highest BCUT2D eigenvalue weighted by Gasteiger charge is 2.14. The second-order valence-electron chi connectivity index (χ2n) is 5.57. The highest BCUT2D eigenvalue weighted by atomic mass is 35.5. The molecule has 0 saturated carbocycles. The average molecular weight is 404 g/mol. The van der Waals surface area contributed by atoms with Crippen molar-refractivity contribution in [3.63, 3.8) is 0 Å². The van der Waals surface area contributed by atoms with Crippen LogP contribution in [0.15, 0.2) is 29.2 Å². The van der Waals surface area contributed by atoms with Gasteiger partial charge >= 0.3 is 0 Å². The number of nitrogens with one attached hydrogen (secondary N) is 1. The minimum absolute atomic E-state index is 0.0722. The van der Waals surface area contributed by atoms with Crippen molar-refractivity contribution in [2.75, 3.05) is 44.7 Å². The molecule has 1 aromatic heterocycles. The second kappa shape index (κ2) is 8.38. The van der Waals surface area contributed by atoms with E-state index in [1.807, 2.05) is 0 Å². The Labute approximate surface area is 160 Å². The van der Waals surface area contributed by atoms with Crippen LogP contribution in [0.3, 0.4) is 0 Å². The number of hydrogen-bond acceptors (Lipinski definition) is 5. The van der Waals surface area contributed by atoms with E-state index in [0.29, 0.717) is 28.0 Å². The first-order chi connectivity index (χ1) is 12.1. The van der Waals surface area contributed by atoms with Crippen molar-refractivity contribution in [2.24, 2.45) is 0 Å². The summed E-state index contributed by atoms with van der Waals surface area (Å²) in [4.78, 5) is 14.8. The molecule has 2 aromatic rings. The minimum Gasteiger partial charge on any atom is -0.381 e. The number of halogens is 3. The number of rotatable bonds is 5. The Morgan fingerprint density at radius 2 is 1.96 bits per heavy atom. The molecule has 6 nitrogen and oxygen atoms in total. The standard InChI is InChI=1S/C16H17Cl3N4O2/c17-11-1-2-14(12(18)9-11)23-16(24)15(19)13(10-21-23)20-3-4-22-5-7-25-8-6-22/h1-2,9-10,20H,3-8H2. The van der Waals surface area contributed by atoms with Crippen LogP contribution in [0.5, 0.6) is 0 Å². The van der Waals surface area contributed by atoms with Crippen molar-refractivity contribution in [2.45, 2.75) is 0 Å². The van der Waals surface area contributed by atoms with Gasteiger partial charge in [-0.1, -0.05) is 34.8 Å². The molecule has 134 valence electrons. The lowest BCUT2D eigenvalue weighted by Gasteiger charge is -2.26. The number of hydrogen-bond donors (Lipinski definition) is 1. The number of benzene rings is 1. The summed E-state index contributed by atoms with van der Waals surface area (Å²) in [6.45, 7) is 4.81. The molecular weight excluding hydrogens is 387 g/mol. The van der Waals surface area contributed by atoms with E-state index in [1.165, 1.54) is 6.20 Å². The normalized spacial score (nSPS) is 15.3. The van der Waals surface area contributed by atoms with Crippen molar-refractivity contribution in [3.8, 4) is 5.69 Å². The van der Waals surface area contributed by atoms with Crippen LogP contribution in [0.2, 0.25) is 15.1 Å². The van der Waals surface area contributed by atoms with Gasteiger partial charge in [-0.25, -0.2) is 0 Å². The fourth-order valence-electron chi connectivity index (χ4n) is 2.55. The van der Waals surface area contributed by atoms with E-state index in [1.54, 1.807) is 18.2 Å². The lowest BCUT2D eigenvalue weighted by atomic mass is 10.3. The number of morpholine rings is 1. The maximum absolute atomic E-state index is 12.5. The van der Waals surface area contributed by atoms with Gasteiger partial charge in [-0.15, -0.1) is 0 Å². The Kier molecular flexibility index (Phi) is 6.19. The van der Waals surface area contributed by atoms with Crippen molar-refractivity contribution in [1.82, 2.24) is 14.7 Å². The summed E-state index contributed by atoms with van der Waals surface area (Å²) in [5, 5.41) is 8.20. The molecule has 25 heavy (non-hydrogen) atoms. The van der Waals surface area contributed by atoms with Crippen molar-refractivity contribution >= 4 is 40.5 Å². The summed E-state index contributed by atoms with van der Waals surface area (Å²) in [7, 11) is 0. The van der Waals surface area contributed by atoms with Crippen molar-refractivity contribution < 1.29 is 4.74 Å². The van der Waals surface area contributed by atoms with Gasteiger partial charge in [0.15, 0.2) is 0 Å². The van der Waals surface area contributed by atoms with Gasteiger partial charge in [0.2, 0.25) is 0 Å². The first kappa shape index (κ1) is 18.5. The molecule has 0 amide bonds. The molecule has 1 aromatic carbocycles. The van der Waals surface area contributed by atoms with Gasteiger partial charge < -0.3 is 10.1 Å². The molecule has 0 radical (unpaired) electrons. The maximum atomic E-state index is 12.5. The molecule has 0 spiro atoms. The van der Waals surface area contributed by atoms with Crippen LogP contribution in [-0.2, 0) is 4.74 Å². The minimum atomic E-state index is -0.442. The van der Waals surface area contributed by atoms with Gasteiger partial charge in [0, 0.05) is 31.2 Å². The second-order valence-corrected chi connectivity index (χ2v) is 6.79. The van der Waals surface area contributed by atoms with E-state index in [4.69, 9.17) is 39.5 Å². The summed E-state index contributed by atoms with van der Waals surface area (Å²) < 4.78 is 6.48. The third kappa shape index (κ3) is 4.46. The van der Waals surface area contributed by atoms with Gasteiger partial charge in [0.25, 0.3) is 5.56 Å². The van der Waals surface area contributed by atoms with Crippen LogP contribution in [-0.4, -0.2) is 54.1 Å². The SMILES string of the molecule is O=c1c(Cl)c(NCCN2CCOCC2)cnn1-c1ccc(Cl)cc1Cl. The van der Waals surface area contributed by atoms with Crippen LogP contribution in [0.1, 0.15) is 0 Å². The van der Waals surface area contributed by atoms with E-state index in [-0.39, 0.29) is 5.02 Å². The topological polar surface area (TPSA) is 59.4 Å². The van der Waals surface area contributed by atoms with Gasteiger partial charge in [0.05, 0.1) is 35.8 Å². The third-order valence-corrected chi connectivity index (χ3v) is 4.81. The number of anilines is 1. The molecule has 1 aliphatic rings. The van der Waals surface area contributed by atoms with Crippen LogP contribution >= 0.6 is 34.8 Å². The number of ether oxygens (including phenoxy) is 1. The van der Waals surface area contributed by atoms with E-state index in [0.717, 1.165) is 37.5 Å². The average Bonchev–Trinajstić information content (AvgIpc) is 2.60. The molecule has 1 aliphatic heterocycles. The molecule has 0 bridgehead atoms. The van der Waals surface area contributed by atoms with Gasteiger partial charge in [-0.3, -0.25) is 9.69 Å². The van der Waals surface area contributed by atoms with E-state index in [9.17, 15) is 4.79 Å². The van der Waals surface area contributed by atoms with Crippen molar-refractivity contribution in [3.05, 3.63) is 49.8 Å². The Morgan fingerprint density at radius 1 is 1.20 bits per heavy atom. The summed E-state index contributed by atoms with van der Waals surface area (Å²) in [6.07, 6.45) is 1.52. The first-order valence-electron chi connectivity index (χ1n) is 7.83. The zero-order valence-electron chi connectivity index (χ0n) is 13.3. The molecule has 1 saturated heterocycles. The molecule has 2 heterocycles. The van der Waals surface area contributed by atoms with Gasteiger partial charge in [0.1, 0.15) is 5.02 Å². The predicted octanol–water partition coefficient (Wildman–Crippen LogP) is 2.94. The van der Waals surface area contributed by atoms with Crippen LogP contribution in [0.4, 0.5) is 5.69 Å². The highest BCUT2D eigenvalue weighted by molar-refractivity contribution is 6.36. The molecule has 0 aliphatic carbocycles. The monoisotopic (exact) mass is 402 g/mol. The first-order valence-corrected chi connectivity index (χ1v) is 8.97. The fraction of sp³-hybridized carbons (Fsp3) is 0.375. The number of aromatic nitrogens is 2. The Morgan fingerprint density at radius 3 is 2.68 bits per heavy atom. The van der Waals surface area contributed by atoms with Crippen LogP contribution in [0.25, 0.3) is 5.69 Å². The predicted molar refractivity (Wildman–Crippen MR) is 101 cm³/mol. The molecule has 0 atom stereocenters. The zero-order chi connectivity index (χ0) is 17.8. The lowest BCUT2D eigenvalue weighted by Crippen LogP contribution is -2.39. The molecule has 0 unspecified atom stereocenters. The van der Waals surface area contributed by atoms with E-state index in [2.05, 4.69) is 15.3 Å². The fourth-order valence-corrected chi connectivity index (χ4v) is 3.24. The number of nitrogens with zero attached hydrogens (tertiary/aromatic N) is 3. The molecule has 1 N–H and O–H groups in total. The summed E-state index contributed by atoms with van der Waals surface area (Å²) in [6, 6.07) is 4.81. The van der Waals surface area contributed by atoms with Gasteiger partial charge in [-0.2, -0.15) is 9.78 Å². The molecule has 3 rings (SSSR count). The maximum Gasteiger partial charge on any atom is 0.292 e. The van der Waals surface area contributed by atoms with E-state index < -0.39 is 5.56 Å². The molecular formula is C16H17Cl3N4O2. The Bertz CT molecular complexity index is 806. The van der Waals surface area contributed by atoms with Crippen LogP contribution < -0.4 is 10.9 Å². The molecule has 1 fully saturated rings. The highest BCUT2D eigenvalue weighted by Crippen LogP contribution is 2.24. The summed E-state index contributed by atoms with van der Waals surface area (Å²) in [5.41, 5.74) is 0.487. The zero-order valence-corrected chi connectivity index (χ0v) is 15.6. The largest absolute Gasteiger partial charge is 0.381 e. The van der Waals surface area contributed by atoms with Gasteiger partial charge in [-0.05, 0) is 18.2 Å². The summed E-state index contributed by atoms with van der Waals surface area (Å²) >= 11 is 18.2. The van der Waals surface area contributed by atoms with Crippen molar-refractivity contribution in [1.29, 1.82) is 0 Å².